The zero-order valence-corrected chi connectivity index (χ0v) is 21.0. The molecule has 1 aliphatic rings. The van der Waals surface area contributed by atoms with E-state index < -0.39 is 0 Å². The molecule has 2 heterocycles. The van der Waals surface area contributed by atoms with Crippen LogP contribution in [0.4, 0.5) is 4.39 Å². The standard InChI is InChI=1S/C28H31FN2O3S/c1-3-20(2)17-30(28(33)21-7-5-4-6-8-21)18-27(32)31-15-13-26-24(14-16-35-26)25(31)19-34-23-11-9-22(29)10-12-23/h4-12,14,16,20,25H,3,13,15,17-19H2,1-2H3/t20-,25-/m1/s1. The third kappa shape index (κ3) is 6.09. The molecule has 2 amide bonds. The van der Waals surface area contributed by atoms with Gasteiger partial charge in [-0.15, -0.1) is 11.3 Å². The molecule has 0 saturated heterocycles. The van der Waals surface area contributed by atoms with Crippen LogP contribution in [0.25, 0.3) is 0 Å². The van der Waals surface area contributed by atoms with E-state index in [1.54, 1.807) is 40.5 Å². The lowest BCUT2D eigenvalue weighted by Gasteiger charge is -2.37. The molecule has 7 heteroatoms. The first kappa shape index (κ1) is 24.9. The van der Waals surface area contributed by atoms with Gasteiger partial charge in [0.15, 0.2) is 0 Å². The lowest BCUT2D eigenvalue weighted by atomic mass is 10.00. The molecule has 5 nitrogen and oxygen atoms in total. The number of carbonyl (C=O) groups is 2. The number of hydrogen-bond acceptors (Lipinski definition) is 4. The van der Waals surface area contributed by atoms with E-state index in [0.29, 0.717) is 24.4 Å². The topological polar surface area (TPSA) is 49.9 Å². The first-order valence-corrected chi connectivity index (χ1v) is 12.9. The normalized spacial score (nSPS) is 15.9. The molecule has 1 aromatic heterocycles. The van der Waals surface area contributed by atoms with Crippen molar-refractivity contribution in [2.75, 3.05) is 26.2 Å². The third-order valence-electron chi connectivity index (χ3n) is 6.50. The van der Waals surface area contributed by atoms with Gasteiger partial charge in [0.05, 0.1) is 6.04 Å². The fourth-order valence-electron chi connectivity index (χ4n) is 4.32. The number of halogens is 1. The molecule has 3 aromatic rings. The Kier molecular flexibility index (Phi) is 8.18. The van der Waals surface area contributed by atoms with Crippen LogP contribution in [0.15, 0.2) is 66.0 Å². The van der Waals surface area contributed by atoms with Crippen LogP contribution in [0, 0.1) is 11.7 Å². The first-order chi connectivity index (χ1) is 17.0. The van der Waals surface area contributed by atoms with Crippen molar-refractivity contribution in [3.8, 4) is 5.75 Å². The summed E-state index contributed by atoms with van der Waals surface area (Å²) >= 11 is 1.69. The molecule has 2 atom stereocenters. The molecular weight excluding hydrogens is 463 g/mol. The van der Waals surface area contributed by atoms with E-state index >= 15 is 0 Å². The van der Waals surface area contributed by atoms with E-state index in [9.17, 15) is 14.0 Å². The summed E-state index contributed by atoms with van der Waals surface area (Å²) < 4.78 is 19.3. The number of thiophene rings is 1. The van der Waals surface area contributed by atoms with Crippen LogP contribution in [-0.4, -0.2) is 47.9 Å². The van der Waals surface area contributed by atoms with Crippen molar-refractivity contribution in [2.45, 2.75) is 32.7 Å². The number of rotatable bonds is 9. The molecule has 4 rings (SSSR count). The fraction of sp³-hybridized carbons (Fsp3) is 0.357. The molecule has 0 radical (unpaired) electrons. The maximum absolute atomic E-state index is 13.6. The number of ether oxygens (including phenoxy) is 1. The minimum Gasteiger partial charge on any atom is -0.491 e. The summed E-state index contributed by atoms with van der Waals surface area (Å²) in [6, 6.07) is 16.8. The van der Waals surface area contributed by atoms with Crippen molar-refractivity contribution in [3.63, 3.8) is 0 Å². The summed E-state index contributed by atoms with van der Waals surface area (Å²) in [7, 11) is 0. The van der Waals surface area contributed by atoms with Gasteiger partial charge in [-0.2, -0.15) is 0 Å². The molecule has 0 aliphatic carbocycles. The van der Waals surface area contributed by atoms with E-state index in [-0.39, 0.29) is 42.7 Å². The van der Waals surface area contributed by atoms with Crippen molar-refractivity contribution >= 4 is 23.2 Å². The van der Waals surface area contributed by atoms with Crippen molar-refractivity contribution < 1.29 is 18.7 Å². The Labute approximate surface area is 210 Å². The molecule has 0 fully saturated rings. The highest BCUT2D eigenvalue weighted by atomic mass is 32.1. The first-order valence-electron chi connectivity index (χ1n) is 12.0. The average Bonchev–Trinajstić information content (AvgIpc) is 3.37. The number of carbonyl (C=O) groups excluding carboxylic acids is 2. The quantitative estimate of drug-likeness (QED) is 0.390. The van der Waals surface area contributed by atoms with Crippen LogP contribution in [0.3, 0.4) is 0 Å². The molecule has 0 saturated carbocycles. The largest absolute Gasteiger partial charge is 0.491 e. The van der Waals surface area contributed by atoms with Gasteiger partial charge in [-0.1, -0.05) is 38.5 Å². The monoisotopic (exact) mass is 494 g/mol. The Morgan fingerprint density at radius 2 is 1.89 bits per heavy atom. The molecule has 1 aliphatic heterocycles. The highest BCUT2D eigenvalue weighted by Crippen LogP contribution is 2.34. The molecule has 184 valence electrons. The smallest absolute Gasteiger partial charge is 0.254 e. The lowest BCUT2D eigenvalue weighted by Crippen LogP contribution is -2.48. The second kappa shape index (κ2) is 11.5. The van der Waals surface area contributed by atoms with Crippen LogP contribution in [-0.2, 0) is 11.2 Å². The van der Waals surface area contributed by atoms with Gasteiger partial charge in [-0.25, -0.2) is 4.39 Å². The van der Waals surface area contributed by atoms with E-state index in [2.05, 4.69) is 13.8 Å². The maximum Gasteiger partial charge on any atom is 0.254 e. The Balaban J connectivity index is 1.53. The van der Waals surface area contributed by atoms with Crippen molar-refractivity contribution in [1.82, 2.24) is 9.80 Å². The molecule has 0 bridgehead atoms. The van der Waals surface area contributed by atoms with Crippen LogP contribution in [0.1, 0.15) is 47.1 Å². The summed E-state index contributed by atoms with van der Waals surface area (Å²) in [5.74, 6) is 0.280. The number of amides is 2. The molecule has 35 heavy (non-hydrogen) atoms. The number of benzene rings is 2. The highest BCUT2D eigenvalue weighted by Gasteiger charge is 2.34. The minimum absolute atomic E-state index is 0.0184. The zero-order valence-electron chi connectivity index (χ0n) is 20.2. The number of hydrogen-bond donors (Lipinski definition) is 0. The van der Waals surface area contributed by atoms with Gasteiger partial charge in [0.25, 0.3) is 5.91 Å². The Morgan fingerprint density at radius 1 is 1.14 bits per heavy atom. The SMILES string of the molecule is CC[C@@H](C)CN(CC(=O)N1CCc2sccc2[C@H]1COc1ccc(F)cc1)C(=O)c1ccccc1. The predicted molar refractivity (Wildman–Crippen MR) is 136 cm³/mol. The van der Waals surface area contributed by atoms with Crippen molar-refractivity contribution in [3.05, 3.63) is 87.9 Å². The maximum atomic E-state index is 13.6. The molecule has 2 aromatic carbocycles. The van der Waals surface area contributed by atoms with Gasteiger partial charge in [0.2, 0.25) is 5.91 Å². The van der Waals surface area contributed by atoms with Crippen LogP contribution >= 0.6 is 11.3 Å². The Hall–Kier alpha value is -3.19. The zero-order chi connectivity index (χ0) is 24.8. The lowest BCUT2D eigenvalue weighted by molar-refractivity contribution is -0.135. The van der Waals surface area contributed by atoms with E-state index in [1.165, 1.54) is 17.0 Å². The third-order valence-corrected chi connectivity index (χ3v) is 7.50. The Bertz CT molecular complexity index is 1130. The van der Waals surface area contributed by atoms with Gasteiger partial charge >= 0.3 is 0 Å². The van der Waals surface area contributed by atoms with Crippen LogP contribution in [0.2, 0.25) is 0 Å². The number of fused-ring (bicyclic) bond motifs is 1. The average molecular weight is 495 g/mol. The highest BCUT2D eigenvalue weighted by molar-refractivity contribution is 7.10. The summed E-state index contributed by atoms with van der Waals surface area (Å²) in [5.41, 5.74) is 1.66. The molecule has 0 N–H and O–H groups in total. The molecule has 0 spiro atoms. The summed E-state index contributed by atoms with van der Waals surface area (Å²) in [5, 5.41) is 2.04. The number of nitrogens with zero attached hydrogens (tertiary/aromatic N) is 2. The van der Waals surface area contributed by atoms with Crippen molar-refractivity contribution in [2.24, 2.45) is 5.92 Å². The minimum atomic E-state index is -0.323. The van der Waals surface area contributed by atoms with Gasteiger partial charge in [-0.05, 0) is 65.7 Å². The molecule has 0 unspecified atom stereocenters. The summed E-state index contributed by atoms with van der Waals surface area (Å²) in [4.78, 5) is 31.7. The van der Waals surface area contributed by atoms with Gasteiger partial charge in [0, 0.05) is 23.5 Å². The van der Waals surface area contributed by atoms with Crippen LogP contribution < -0.4 is 4.74 Å². The fourth-order valence-corrected chi connectivity index (χ4v) is 5.25. The van der Waals surface area contributed by atoms with E-state index in [4.69, 9.17) is 4.74 Å². The van der Waals surface area contributed by atoms with Gasteiger partial charge < -0.3 is 14.5 Å². The van der Waals surface area contributed by atoms with E-state index in [1.807, 2.05) is 34.5 Å². The van der Waals surface area contributed by atoms with Crippen LogP contribution in [0.5, 0.6) is 5.75 Å². The predicted octanol–water partition coefficient (Wildman–Crippen LogP) is 5.58. The van der Waals surface area contributed by atoms with Crippen molar-refractivity contribution in [1.29, 1.82) is 0 Å². The second-order valence-corrected chi connectivity index (χ2v) is 9.98. The van der Waals surface area contributed by atoms with Gasteiger partial charge in [0.1, 0.15) is 24.7 Å². The van der Waals surface area contributed by atoms with E-state index in [0.717, 1.165) is 18.4 Å². The second-order valence-electron chi connectivity index (χ2n) is 8.98. The summed E-state index contributed by atoms with van der Waals surface area (Å²) in [6.07, 6.45) is 1.70. The Morgan fingerprint density at radius 3 is 2.60 bits per heavy atom. The summed E-state index contributed by atoms with van der Waals surface area (Å²) in [6.45, 7) is 5.55. The molecular formula is C28H31FN2O3S. The van der Waals surface area contributed by atoms with Gasteiger partial charge in [-0.3, -0.25) is 9.59 Å².